The molecule has 0 unspecified atom stereocenters. The Labute approximate surface area is 295 Å². The zero-order valence-electron chi connectivity index (χ0n) is 29.9. The number of esters is 1. The minimum atomic E-state index is -4.91. The van der Waals surface area contributed by atoms with Crippen molar-refractivity contribution in [2.45, 2.75) is 104 Å². The molecule has 1 aliphatic carbocycles. The first-order valence-corrected chi connectivity index (χ1v) is 17.8. The Morgan fingerprint density at radius 1 is 1.12 bits per heavy atom. The number of aromatic nitrogens is 4. The van der Waals surface area contributed by atoms with Crippen molar-refractivity contribution >= 4 is 31.6 Å². The Kier molecular flexibility index (Phi) is 12.3. The maximum atomic E-state index is 15.0. The van der Waals surface area contributed by atoms with Gasteiger partial charge in [0.05, 0.1) is 24.4 Å². The van der Waals surface area contributed by atoms with Gasteiger partial charge in [-0.25, -0.2) is 18.4 Å². The van der Waals surface area contributed by atoms with E-state index in [0.717, 1.165) is 0 Å². The van der Waals surface area contributed by atoms with Crippen LogP contribution >= 0.6 is 7.82 Å². The van der Waals surface area contributed by atoms with E-state index in [1.54, 1.807) is 60.7 Å². The van der Waals surface area contributed by atoms with E-state index in [2.05, 4.69) is 20.8 Å². The average molecular weight is 737 g/mol. The van der Waals surface area contributed by atoms with Crippen molar-refractivity contribution in [3.05, 3.63) is 58.0 Å². The molecule has 51 heavy (non-hydrogen) atoms. The molecule has 16 nitrogen and oxygen atoms in total. The summed E-state index contributed by atoms with van der Waals surface area (Å²) in [5.74, 6) is -1.59. The maximum Gasteiger partial charge on any atom is 0.524 e. The number of phosphoric acid groups is 1. The second kappa shape index (κ2) is 15.9. The fourth-order valence-electron chi connectivity index (χ4n) is 6.32. The average Bonchev–Trinajstić information content (AvgIpc) is 3.66. The van der Waals surface area contributed by atoms with Crippen molar-refractivity contribution in [2.24, 2.45) is 7.05 Å². The predicted octanol–water partition coefficient (Wildman–Crippen LogP) is 4.69. The van der Waals surface area contributed by atoms with Crippen molar-refractivity contribution < 1.29 is 51.9 Å². The Balaban J connectivity index is 1.56. The molecule has 2 amide bonds. The Morgan fingerprint density at radius 2 is 1.82 bits per heavy atom. The smallest absolute Gasteiger partial charge is 0.443 e. The summed E-state index contributed by atoms with van der Waals surface area (Å²) in [5, 5.41) is 14.2. The molecule has 2 heterocycles. The molecule has 1 saturated carbocycles. The van der Waals surface area contributed by atoms with E-state index in [4.69, 9.17) is 18.7 Å². The molecule has 4 N–H and O–H groups in total. The van der Waals surface area contributed by atoms with E-state index >= 15 is 4.39 Å². The Morgan fingerprint density at radius 3 is 2.47 bits per heavy atom. The van der Waals surface area contributed by atoms with Gasteiger partial charge in [0, 0.05) is 43.2 Å². The highest BCUT2D eigenvalue weighted by atomic mass is 31.2. The largest absolute Gasteiger partial charge is 0.524 e. The number of benzene rings is 1. The number of phosphoric ester groups is 1. The fourth-order valence-corrected chi connectivity index (χ4v) is 6.72. The van der Waals surface area contributed by atoms with Crippen LogP contribution in [0.1, 0.15) is 91.4 Å². The quantitative estimate of drug-likeness (QED) is 0.131. The van der Waals surface area contributed by atoms with E-state index in [1.165, 1.54) is 22.5 Å². The van der Waals surface area contributed by atoms with Gasteiger partial charge in [-0.3, -0.25) is 24.1 Å². The minimum Gasteiger partial charge on any atom is -0.443 e. The normalized spacial score (nSPS) is 17.8. The number of carbonyl (C=O) groups is 3. The summed E-state index contributed by atoms with van der Waals surface area (Å²) in [7, 11) is -1.80. The molecule has 3 atom stereocenters. The molecular formula is C33H46FN6O10P. The van der Waals surface area contributed by atoms with Crippen LogP contribution in [0.3, 0.4) is 0 Å². The lowest BCUT2D eigenvalue weighted by Gasteiger charge is -2.29. The zero-order chi connectivity index (χ0) is 37.8. The number of aryl methyl sites for hydroxylation is 3. The van der Waals surface area contributed by atoms with Crippen molar-refractivity contribution in [3.63, 3.8) is 0 Å². The topological polar surface area (TPSA) is 205 Å². The van der Waals surface area contributed by atoms with Gasteiger partial charge >= 0.3 is 19.9 Å². The molecule has 0 saturated heterocycles. The van der Waals surface area contributed by atoms with Gasteiger partial charge < -0.3 is 29.4 Å². The van der Waals surface area contributed by atoms with Crippen LogP contribution in [0, 0.1) is 13.8 Å². The van der Waals surface area contributed by atoms with Gasteiger partial charge in [0.15, 0.2) is 6.73 Å². The highest BCUT2D eigenvalue weighted by Crippen LogP contribution is 2.45. The number of carbonyl (C=O) groups excluding carboxylic acids is 3. The lowest BCUT2D eigenvalue weighted by Crippen LogP contribution is -2.35. The van der Waals surface area contributed by atoms with Crippen LogP contribution in [-0.2, 0) is 49.4 Å². The molecule has 1 aromatic carbocycles. The molecule has 0 radical (unpaired) electrons. The Hall–Kier alpha value is -4.31. The van der Waals surface area contributed by atoms with Gasteiger partial charge in [0.2, 0.25) is 0 Å². The number of alkyl carbamates (subject to hydrolysis) is 1. The first-order chi connectivity index (χ1) is 23.8. The summed E-state index contributed by atoms with van der Waals surface area (Å²) in [6.45, 7) is 10.2. The van der Waals surface area contributed by atoms with Gasteiger partial charge in [-0.05, 0) is 63.8 Å². The standard InChI is InChI=1S/C33H46FN6O10P/c1-18(2)35-32(43)49-26-12-21(11-23(26)34)24-14-28(36-31(42)25-13-22(16-47-8)37-39(25)7)40(38-24)17-48-29(41)15-33(5,6)30-20(4)9-19(3)10-27(30)50-51(44,45)46/h9-10,13-14,18,21,23,26H,11-12,15-17H2,1-8H3,(H,35,43)(H,36,42)(H2,44,45,46)/t21-,23+,26-/m0/s1. The molecule has 280 valence electrons. The molecule has 0 spiro atoms. The van der Waals surface area contributed by atoms with Crippen molar-refractivity contribution in [3.8, 4) is 5.75 Å². The van der Waals surface area contributed by atoms with Crippen LogP contribution in [-0.4, -0.2) is 72.7 Å². The minimum absolute atomic E-state index is 0.00896. The van der Waals surface area contributed by atoms with Crippen LogP contribution in [0.5, 0.6) is 5.75 Å². The fraction of sp³-hybridized carbons (Fsp3) is 0.545. The van der Waals surface area contributed by atoms with Crippen LogP contribution in [0.4, 0.5) is 15.0 Å². The summed E-state index contributed by atoms with van der Waals surface area (Å²) in [4.78, 5) is 57.9. The number of anilines is 1. The van der Waals surface area contributed by atoms with E-state index in [9.17, 15) is 28.7 Å². The second-order valence-corrected chi connectivity index (χ2v) is 14.8. The molecule has 18 heteroatoms. The van der Waals surface area contributed by atoms with Crippen LogP contribution < -0.4 is 15.2 Å². The second-order valence-electron chi connectivity index (χ2n) is 13.7. The van der Waals surface area contributed by atoms with Crippen LogP contribution in [0.2, 0.25) is 0 Å². The van der Waals surface area contributed by atoms with Gasteiger partial charge in [0.25, 0.3) is 5.91 Å². The number of methoxy groups -OCH3 is 1. The highest BCUT2D eigenvalue weighted by Gasteiger charge is 2.40. The first-order valence-electron chi connectivity index (χ1n) is 16.3. The summed E-state index contributed by atoms with van der Waals surface area (Å²) < 4.78 is 50.5. The van der Waals surface area contributed by atoms with Gasteiger partial charge in [-0.1, -0.05) is 19.9 Å². The van der Waals surface area contributed by atoms with E-state index in [1.807, 2.05) is 6.07 Å². The number of hydrogen-bond donors (Lipinski definition) is 4. The summed E-state index contributed by atoms with van der Waals surface area (Å²) in [5.41, 5.74) is 1.93. The Bertz CT molecular complexity index is 1800. The van der Waals surface area contributed by atoms with Gasteiger partial charge in [-0.2, -0.15) is 10.2 Å². The van der Waals surface area contributed by atoms with Gasteiger partial charge in [0.1, 0.15) is 29.5 Å². The maximum absolute atomic E-state index is 15.0. The third kappa shape index (κ3) is 10.4. The van der Waals surface area contributed by atoms with E-state index in [0.29, 0.717) is 28.1 Å². The van der Waals surface area contributed by atoms with Crippen LogP contribution in [0.25, 0.3) is 0 Å². The lowest BCUT2D eigenvalue weighted by atomic mass is 9.78. The number of hydrogen-bond acceptors (Lipinski definition) is 10. The van der Waals surface area contributed by atoms with Crippen molar-refractivity contribution in [2.75, 3.05) is 12.4 Å². The first kappa shape index (κ1) is 39.5. The number of alkyl halides is 1. The van der Waals surface area contributed by atoms with Gasteiger partial charge in [-0.15, -0.1) is 0 Å². The summed E-state index contributed by atoms with van der Waals surface area (Å²) >= 11 is 0. The van der Waals surface area contributed by atoms with E-state index in [-0.39, 0.29) is 49.2 Å². The number of amides is 2. The van der Waals surface area contributed by atoms with E-state index < -0.39 is 56.1 Å². The number of ether oxygens (including phenoxy) is 3. The highest BCUT2D eigenvalue weighted by molar-refractivity contribution is 7.46. The third-order valence-electron chi connectivity index (χ3n) is 8.28. The number of nitrogens with one attached hydrogen (secondary N) is 2. The number of nitrogens with zero attached hydrogens (tertiary/aromatic N) is 4. The molecule has 0 bridgehead atoms. The zero-order valence-corrected chi connectivity index (χ0v) is 30.8. The summed E-state index contributed by atoms with van der Waals surface area (Å²) in [6.07, 6.45) is -3.25. The molecule has 2 aromatic heterocycles. The lowest BCUT2D eigenvalue weighted by molar-refractivity contribution is -0.149. The molecular weight excluding hydrogens is 690 g/mol. The monoisotopic (exact) mass is 736 g/mol. The number of halogens is 1. The molecule has 1 aliphatic rings. The third-order valence-corrected chi connectivity index (χ3v) is 8.72. The van der Waals surface area contributed by atoms with Crippen molar-refractivity contribution in [1.29, 1.82) is 0 Å². The molecule has 0 aliphatic heterocycles. The summed E-state index contributed by atoms with van der Waals surface area (Å²) in [6, 6.07) is 6.23. The molecule has 1 fully saturated rings. The van der Waals surface area contributed by atoms with Crippen molar-refractivity contribution in [1.82, 2.24) is 24.9 Å². The van der Waals surface area contributed by atoms with Crippen LogP contribution in [0.15, 0.2) is 24.3 Å². The number of rotatable bonds is 14. The molecule has 4 rings (SSSR count). The SMILES string of the molecule is COCc1cc(C(=O)Nc2cc([C@H]3C[C@@H](F)[C@@H](OC(=O)NC(C)C)C3)nn2COC(=O)CC(C)(C)c2c(C)cc(C)cc2OP(=O)(O)O)n(C)n1. The molecule has 3 aromatic rings. The predicted molar refractivity (Wildman–Crippen MR) is 182 cm³/mol.